The molecular formula is C17H15Cl2F3N2O. The molecule has 8 heteroatoms. The van der Waals surface area contributed by atoms with Gasteiger partial charge >= 0.3 is 6.18 Å². The number of hydrogen-bond donors (Lipinski definition) is 2. The van der Waals surface area contributed by atoms with Crippen LogP contribution in [0.2, 0.25) is 10.0 Å². The van der Waals surface area contributed by atoms with Gasteiger partial charge in [0.15, 0.2) is 0 Å². The van der Waals surface area contributed by atoms with E-state index in [2.05, 4.69) is 10.6 Å². The summed E-state index contributed by atoms with van der Waals surface area (Å²) in [5, 5.41) is 5.97. The Bertz CT molecular complexity index is 751. The number of benzene rings is 2. The highest BCUT2D eigenvalue weighted by atomic mass is 35.5. The number of hydrogen-bond acceptors (Lipinski definition) is 2. The monoisotopic (exact) mass is 390 g/mol. The molecule has 0 spiro atoms. The summed E-state index contributed by atoms with van der Waals surface area (Å²) in [5.74, 6) is -0.479. The average molecular weight is 391 g/mol. The van der Waals surface area contributed by atoms with Crippen LogP contribution < -0.4 is 10.6 Å². The predicted molar refractivity (Wildman–Crippen MR) is 93.1 cm³/mol. The molecule has 0 aliphatic rings. The molecule has 0 atom stereocenters. The summed E-state index contributed by atoms with van der Waals surface area (Å²) in [5.41, 5.74) is 0.0700. The maximum Gasteiger partial charge on any atom is 0.416 e. The van der Waals surface area contributed by atoms with E-state index < -0.39 is 17.6 Å². The number of alkyl halides is 3. The molecule has 1 amide bonds. The molecule has 3 nitrogen and oxygen atoms in total. The fourth-order valence-electron chi connectivity index (χ4n) is 2.12. The van der Waals surface area contributed by atoms with Crippen LogP contribution in [0.15, 0.2) is 42.5 Å². The lowest BCUT2D eigenvalue weighted by molar-refractivity contribution is -0.137. The minimum atomic E-state index is -4.50. The van der Waals surface area contributed by atoms with Gasteiger partial charge in [0.25, 0.3) is 0 Å². The molecule has 0 bridgehead atoms. The van der Waals surface area contributed by atoms with Gasteiger partial charge < -0.3 is 10.6 Å². The van der Waals surface area contributed by atoms with Crippen molar-refractivity contribution in [3.63, 3.8) is 0 Å². The molecule has 0 saturated heterocycles. The molecule has 0 saturated carbocycles. The van der Waals surface area contributed by atoms with Crippen LogP contribution in [0.1, 0.15) is 11.1 Å². The first-order valence-electron chi connectivity index (χ1n) is 7.37. The standard InChI is InChI=1S/C17H15Cl2F3N2O/c18-13-3-1-2-11(8-13)6-7-23-10-16(25)24-15-9-12(17(20,21)22)4-5-14(15)19/h1-5,8-9,23H,6-7,10H2,(H,24,25). The normalized spacial score (nSPS) is 11.4. The summed E-state index contributed by atoms with van der Waals surface area (Å²) in [4.78, 5) is 11.9. The number of rotatable bonds is 6. The first-order valence-corrected chi connectivity index (χ1v) is 8.13. The van der Waals surface area contributed by atoms with Crippen LogP contribution in [0.3, 0.4) is 0 Å². The van der Waals surface area contributed by atoms with Crippen molar-refractivity contribution in [2.75, 3.05) is 18.4 Å². The van der Waals surface area contributed by atoms with Crippen molar-refractivity contribution in [1.82, 2.24) is 5.32 Å². The van der Waals surface area contributed by atoms with E-state index in [-0.39, 0.29) is 17.3 Å². The minimum Gasteiger partial charge on any atom is -0.324 e. The molecule has 0 fully saturated rings. The zero-order valence-corrected chi connectivity index (χ0v) is 14.5. The predicted octanol–water partition coefficient (Wildman–Crippen LogP) is 4.78. The second-order valence-corrected chi connectivity index (χ2v) is 6.14. The second kappa shape index (κ2) is 8.56. The third kappa shape index (κ3) is 6.23. The molecular weight excluding hydrogens is 376 g/mol. The van der Waals surface area contributed by atoms with E-state index in [4.69, 9.17) is 23.2 Å². The van der Waals surface area contributed by atoms with Gasteiger partial charge in [-0.05, 0) is 48.9 Å². The van der Waals surface area contributed by atoms with E-state index in [9.17, 15) is 18.0 Å². The Hall–Kier alpha value is -1.76. The third-order valence-electron chi connectivity index (χ3n) is 3.33. The van der Waals surface area contributed by atoms with Gasteiger partial charge in [-0.2, -0.15) is 13.2 Å². The molecule has 0 heterocycles. The van der Waals surface area contributed by atoms with Crippen molar-refractivity contribution in [3.05, 3.63) is 63.6 Å². The van der Waals surface area contributed by atoms with E-state index in [0.29, 0.717) is 18.0 Å². The number of halogens is 5. The lowest BCUT2D eigenvalue weighted by Gasteiger charge is -2.12. The first kappa shape index (κ1) is 19.6. The number of nitrogens with one attached hydrogen (secondary N) is 2. The summed E-state index contributed by atoms with van der Waals surface area (Å²) in [6.45, 7) is 0.469. The molecule has 2 aromatic rings. The Morgan fingerprint density at radius 1 is 1.08 bits per heavy atom. The van der Waals surface area contributed by atoms with E-state index >= 15 is 0 Å². The number of carbonyl (C=O) groups excluding carboxylic acids is 1. The maximum atomic E-state index is 12.7. The Labute approximate surface area is 153 Å². The zero-order chi connectivity index (χ0) is 18.4. The first-order chi connectivity index (χ1) is 11.8. The van der Waals surface area contributed by atoms with Gasteiger partial charge in [0.1, 0.15) is 0 Å². The lowest BCUT2D eigenvalue weighted by atomic mass is 10.1. The topological polar surface area (TPSA) is 41.1 Å². The molecule has 0 aliphatic heterocycles. The van der Waals surface area contributed by atoms with Crippen LogP contribution in [-0.4, -0.2) is 19.0 Å². The molecule has 0 aliphatic carbocycles. The zero-order valence-electron chi connectivity index (χ0n) is 13.0. The van der Waals surface area contributed by atoms with Gasteiger partial charge in [0.05, 0.1) is 22.8 Å². The van der Waals surface area contributed by atoms with Crippen molar-refractivity contribution in [2.24, 2.45) is 0 Å². The highest BCUT2D eigenvalue weighted by Gasteiger charge is 2.31. The van der Waals surface area contributed by atoms with Crippen molar-refractivity contribution >= 4 is 34.8 Å². The van der Waals surface area contributed by atoms with Gasteiger partial charge in [-0.1, -0.05) is 35.3 Å². The smallest absolute Gasteiger partial charge is 0.324 e. The van der Waals surface area contributed by atoms with Crippen LogP contribution in [0, 0.1) is 0 Å². The summed E-state index contributed by atoms with van der Waals surface area (Å²) in [6, 6.07) is 10.1. The molecule has 25 heavy (non-hydrogen) atoms. The quantitative estimate of drug-likeness (QED) is 0.696. The summed E-state index contributed by atoms with van der Waals surface area (Å²) >= 11 is 11.7. The average Bonchev–Trinajstić information content (AvgIpc) is 2.53. The highest BCUT2D eigenvalue weighted by molar-refractivity contribution is 6.33. The van der Waals surface area contributed by atoms with Crippen LogP contribution in [0.4, 0.5) is 18.9 Å². The minimum absolute atomic E-state index is 0.0419. The van der Waals surface area contributed by atoms with E-state index in [1.54, 1.807) is 6.07 Å². The lowest BCUT2D eigenvalue weighted by Crippen LogP contribution is -2.29. The van der Waals surface area contributed by atoms with Crippen molar-refractivity contribution < 1.29 is 18.0 Å². The Morgan fingerprint density at radius 3 is 2.52 bits per heavy atom. The summed E-state index contributed by atoms with van der Waals surface area (Å²) in [7, 11) is 0. The SMILES string of the molecule is O=C(CNCCc1cccc(Cl)c1)Nc1cc(C(F)(F)F)ccc1Cl. The third-order valence-corrected chi connectivity index (χ3v) is 3.90. The largest absolute Gasteiger partial charge is 0.416 e. The van der Waals surface area contributed by atoms with E-state index in [1.165, 1.54) is 0 Å². The van der Waals surface area contributed by atoms with Crippen molar-refractivity contribution in [2.45, 2.75) is 12.6 Å². The van der Waals surface area contributed by atoms with E-state index in [1.807, 2.05) is 18.2 Å². The van der Waals surface area contributed by atoms with Crippen LogP contribution in [0.25, 0.3) is 0 Å². The van der Waals surface area contributed by atoms with E-state index in [0.717, 1.165) is 23.8 Å². The summed E-state index contributed by atoms with van der Waals surface area (Å²) < 4.78 is 38.1. The molecule has 0 aromatic heterocycles. The summed E-state index contributed by atoms with van der Waals surface area (Å²) in [6.07, 6.45) is -3.84. The number of anilines is 1. The molecule has 2 aromatic carbocycles. The number of carbonyl (C=O) groups is 1. The molecule has 134 valence electrons. The van der Waals surface area contributed by atoms with Gasteiger partial charge in [0, 0.05) is 5.02 Å². The Morgan fingerprint density at radius 2 is 1.84 bits per heavy atom. The van der Waals surface area contributed by atoms with Gasteiger partial charge in [-0.15, -0.1) is 0 Å². The van der Waals surface area contributed by atoms with Crippen LogP contribution in [-0.2, 0) is 17.4 Å². The van der Waals surface area contributed by atoms with Crippen molar-refractivity contribution in [1.29, 1.82) is 0 Å². The fraction of sp³-hybridized carbons (Fsp3) is 0.235. The van der Waals surface area contributed by atoms with Gasteiger partial charge in [-0.25, -0.2) is 0 Å². The Kier molecular flexibility index (Phi) is 6.70. The highest BCUT2D eigenvalue weighted by Crippen LogP contribution is 2.33. The molecule has 0 unspecified atom stereocenters. The molecule has 2 rings (SSSR count). The van der Waals surface area contributed by atoms with Crippen LogP contribution >= 0.6 is 23.2 Å². The Balaban J connectivity index is 1.84. The second-order valence-electron chi connectivity index (χ2n) is 5.30. The fourth-order valence-corrected chi connectivity index (χ4v) is 2.50. The molecule has 2 N–H and O–H groups in total. The van der Waals surface area contributed by atoms with Gasteiger partial charge in [0.2, 0.25) is 5.91 Å². The number of amides is 1. The van der Waals surface area contributed by atoms with Crippen LogP contribution in [0.5, 0.6) is 0 Å². The van der Waals surface area contributed by atoms with Crippen molar-refractivity contribution in [3.8, 4) is 0 Å². The maximum absolute atomic E-state index is 12.7. The molecule has 0 radical (unpaired) electrons. The van der Waals surface area contributed by atoms with Gasteiger partial charge in [-0.3, -0.25) is 4.79 Å².